The van der Waals surface area contributed by atoms with Crippen LogP contribution in [0.15, 0.2) is 18.2 Å². The van der Waals surface area contributed by atoms with Crippen molar-refractivity contribution < 1.29 is 22.7 Å². The van der Waals surface area contributed by atoms with Gasteiger partial charge in [-0.25, -0.2) is 4.79 Å². The average molecular weight is 331 g/mol. The molecular weight excluding hydrogens is 320 g/mol. The van der Waals surface area contributed by atoms with Crippen LogP contribution in [0.1, 0.15) is 0 Å². The summed E-state index contributed by atoms with van der Waals surface area (Å²) in [4.78, 5) is 14.2. The summed E-state index contributed by atoms with van der Waals surface area (Å²) in [6.07, 6.45) is -4.84. The van der Waals surface area contributed by atoms with Gasteiger partial charge in [0.15, 0.2) is 0 Å². The van der Waals surface area contributed by atoms with Gasteiger partial charge in [-0.3, -0.25) is 4.90 Å². The van der Waals surface area contributed by atoms with Crippen LogP contribution >= 0.6 is 23.2 Å². The van der Waals surface area contributed by atoms with Crippen molar-refractivity contribution in [3.05, 3.63) is 23.2 Å². The van der Waals surface area contributed by atoms with Crippen LogP contribution in [0.4, 0.5) is 23.7 Å². The quantitative estimate of drug-likeness (QED) is 0.621. The van der Waals surface area contributed by atoms with Crippen molar-refractivity contribution in [1.82, 2.24) is 4.90 Å². The molecule has 0 heterocycles. The number of hydrogen-bond donors (Lipinski definition) is 0. The van der Waals surface area contributed by atoms with Gasteiger partial charge in [-0.05, 0) is 18.2 Å². The molecule has 2 amide bonds. The van der Waals surface area contributed by atoms with Gasteiger partial charge in [-0.2, -0.15) is 0 Å². The summed E-state index contributed by atoms with van der Waals surface area (Å²) >= 11 is 11.4. The lowest BCUT2D eigenvalue weighted by atomic mass is 10.3. The first-order valence-corrected chi connectivity index (χ1v) is 6.17. The Kier molecular flexibility index (Phi) is 5.35. The fraction of sp³-hybridized carbons (Fsp3) is 0.364. The second-order valence-corrected chi connectivity index (χ2v) is 4.53. The Bertz CT molecular complexity index is 495. The highest BCUT2D eigenvalue weighted by atomic mass is 35.5. The molecule has 0 unspecified atom stereocenters. The van der Waals surface area contributed by atoms with Crippen LogP contribution in [0.3, 0.4) is 0 Å². The molecule has 0 aliphatic rings. The highest BCUT2D eigenvalue weighted by Crippen LogP contribution is 2.33. The number of halogens is 5. The fourth-order valence-corrected chi connectivity index (χ4v) is 1.79. The maximum absolute atomic E-state index is 12.1. The van der Waals surface area contributed by atoms with Gasteiger partial charge < -0.3 is 9.64 Å². The zero-order chi connectivity index (χ0) is 15.5. The molecule has 0 aliphatic carbocycles. The Morgan fingerprint density at radius 2 is 1.95 bits per heavy atom. The van der Waals surface area contributed by atoms with Crippen molar-refractivity contribution in [2.24, 2.45) is 0 Å². The molecule has 9 heteroatoms. The van der Waals surface area contributed by atoms with E-state index in [1.54, 1.807) is 0 Å². The molecule has 1 aromatic rings. The van der Waals surface area contributed by atoms with Crippen LogP contribution in [0.5, 0.6) is 5.75 Å². The Hall–Kier alpha value is -1.34. The van der Waals surface area contributed by atoms with E-state index in [1.807, 2.05) is 0 Å². The minimum atomic E-state index is -4.84. The van der Waals surface area contributed by atoms with E-state index in [0.717, 1.165) is 11.0 Å². The zero-order valence-electron chi connectivity index (χ0n) is 10.5. The second kappa shape index (κ2) is 6.41. The van der Waals surface area contributed by atoms with E-state index in [4.69, 9.17) is 23.2 Å². The molecule has 112 valence electrons. The number of hydrogen-bond acceptors (Lipinski definition) is 2. The molecule has 4 nitrogen and oxygen atoms in total. The molecule has 0 N–H and O–H groups in total. The normalized spacial score (nSPS) is 11.2. The minimum absolute atomic E-state index is 0.174. The number of nitrogens with zero attached hydrogens (tertiary/aromatic N) is 2. The molecule has 0 aromatic heterocycles. The molecule has 0 bridgehead atoms. The Morgan fingerprint density at radius 1 is 1.35 bits per heavy atom. The second-order valence-electron chi connectivity index (χ2n) is 3.89. The molecule has 0 radical (unpaired) electrons. The number of ether oxygens (including phenoxy) is 1. The first-order valence-electron chi connectivity index (χ1n) is 5.26. The lowest BCUT2D eigenvalue weighted by Crippen LogP contribution is -2.38. The number of urea groups is 1. The monoisotopic (exact) mass is 330 g/mol. The maximum Gasteiger partial charge on any atom is 0.573 e. The number of carbonyl (C=O) groups is 1. The number of anilines is 1. The van der Waals surface area contributed by atoms with E-state index >= 15 is 0 Å². The van der Waals surface area contributed by atoms with Gasteiger partial charge in [0.1, 0.15) is 11.8 Å². The van der Waals surface area contributed by atoms with E-state index < -0.39 is 18.1 Å². The van der Waals surface area contributed by atoms with Gasteiger partial charge in [0.25, 0.3) is 0 Å². The molecule has 20 heavy (non-hydrogen) atoms. The highest BCUT2D eigenvalue weighted by molar-refractivity contribution is 6.32. The third-order valence-electron chi connectivity index (χ3n) is 2.19. The van der Waals surface area contributed by atoms with Gasteiger partial charge in [-0.1, -0.05) is 11.6 Å². The molecule has 0 atom stereocenters. The Labute approximate surface area is 123 Å². The van der Waals surface area contributed by atoms with Gasteiger partial charge in [0, 0.05) is 19.8 Å². The summed E-state index contributed by atoms with van der Waals surface area (Å²) in [6, 6.07) is 2.85. The van der Waals surface area contributed by atoms with Crippen LogP contribution < -0.4 is 9.64 Å². The smallest absolute Gasteiger partial charge is 0.404 e. The maximum atomic E-state index is 12.1. The van der Waals surface area contributed by atoms with Crippen molar-refractivity contribution in [3.8, 4) is 5.75 Å². The highest BCUT2D eigenvalue weighted by Gasteiger charge is 2.32. The van der Waals surface area contributed by atoms with Crippen molar-refractivity contribution in [1.29, 1.82) is 0 Å². The first kappa shape index (κ1) is 16.7. The molecule has 0 spiro atoms. The molecule has 1 rings (SSSR count). The summed E-state index contributed by atoms with van der Waals surface area (Å²) in [5, 5.41) is -0.276. The van der Waals surface area contributed by atoms with Crippen LogP contribution in [0, 0.1) is 0 Å². The van der Waals surface area contributed by atoms with Gasteiger partial charge in [0.05, 0.1) is 5.02 Å². The largest absolute Gasteiger partial charge is 0.573 e. The zero-order valence-corrected chi connectivity index (χ0v) is 12.1. The van der Waals surface area contributed by atoms with Crippen LogP contribution in [0.25, 0.3) is 0 Å². The summed E-state index contributed by atoms with van der Waals surface area (Å²) < 4.78 is 40.1. The summed E-state index contributed by atoms with van der Waals surface area (Å²) in [7, 11) is 3.04. The lowest BCUT2D eigenvalue weighted by Gasteiger charge is -2.24. The first-order chi connectivity index (χ1) is 9.15. The van der Waals surface area contributed by atoms with E-state index in [9.17, 15) is 18.0 Å². The van der Waals surface area contributed by atoms with Gasteiger partial charge >= 0.3 is 12.4 Å². The predicted molar refractivity (Wildman–Crippen MR) is 70.4 cm³/mol. The Morgan fingerprint density at radius 3 is 2.35 bits per heavy atom. The summed E-state index contributed by atoms with van der Waals surface area (Å²) in [6.45, 7) is 0. The van der Waals surface area contributed by atoms with E-state index in [-0.39, 0.29) is 16.7 Å². The van der Waals surface area contributed by atoms with Crippen molar-refractivity contribution in [2.45, 2.75) is 6.36 Å². The Balaban J connectivity index is 3.04. The fourth-order valence-electron chi connectivity index (χ4n) is 1.34. The number of rotatable bonds is 3. The standard InChI is InChI=1S/C11H11Cl2F3N2O2/c1-17(2)10(19)18(6-12)7-3-4-9(8(13)5-7)20-11(14,15)16/h3-5H,6H2,1-2H3. The predicted octanol–water partition coefficient (Wildman–Crippen LogP) is 3.92. The van der Waals surface area contributed by atoms with Gasteiger partial charge in [0.2, 0.25) is 0 Å². The number of amides is 2. The summed E-state index contributed by atoms with van der Waals surface area (Å²) in [5.74, 6) is -0.547. The van der Waals surface area contributed by atoms with E-state index in [0.29, 0.717) is 0 Å². The minimum Gasteiger partial charge on any atom is -0.404 e. The average Bonchev–Trinajstić information content (AvgIpc) is 2.31. The third kappa shape index (κ3) is 4.35. The SMILES string of the molecule is CN(C)C(=O)N(CCl)c1ccc(OC(F)(F)F)c(Cl)c1. The molecule has 1 aromatic carbocycles. The van der Waals surface area contributed by atoms with Crippen molar-refractivity contribution >= 4 is 34.9 Å². The number of carbonyl (C=O) groups excluding carboxylic acids is 1. The lowest BCUT2D eigenvalue weighted by molar-refractivity contribution is -0.274. The van der Waals surface area contributed by atoms with Crippen molar-refractivity contribution in [3.63, 3.8) is 0 Å². The molecule has 0 saturated carbocycles. The van der Waals surface area contributed by atoms with Crippen LogP contribution in [-0.2, 0) is 0 Å². The van der Waals surface area contributed by atoms with Crippen LogP contribution in [-0.4, -0.2) is 37.4 Å². The molecular formula is C11H11Cl2F3N2O2. The topological polar surface area (TPSA) is 32.8 Å². The van der Waals surface area contributed by atoms with Gasteiger partial charge in [-0.15, -0.1) is 24.8 Å². The third-order valence-corrected chi connectivity index (χ3v) is 2.72. The molecule has 0 fully saturated rings. The number of benzene rings is 1. The number of alkyl halides is 4. The summed E-state index contributed by atoms with van der Waals surface area (Å²) in [5.41, 5.74) is 0.262. The van der Waals surface area contributed by atoms with E-state index in [2.05, 4.69) is 4.74 Å². The molecule has 0 saturated heterocycles. The molecule has 0 aliphatic heterocycles. The van der Waals surface area contributed by atoms with Crippen molar-refractivity contribution in [2.75, 3.05) is 25.0 Å². The van der Waals surface area contributed by atoms with Crippen LogP contribution in [0.2, 0.25) is 5.02 Å². The van der Waals surface area contributed by atoms with E-state index in [1.165, 1.54) is 31.1 Å².